The number of nitrogens with zero attached hydrogens (tertiary/aromatic N) is 1. The summed E-state index contributed by atoms with van der Waals surface area (Å²) in [5, 5.41) is 4.65. The summed E-state index contributed by atoms with van der Waals surface area (Å²) in [5.74, 6) is 0.488. The van der Waals surface area contributed by atoms with Crippen LogP contribution in [0.2, 0.25) is 15.1 Å². The van der Waals surface area contributed by atoms with Gasteiger partial charge in [-0.05, 0) is 81.8 Å². The molecule has 0 fully saturated rings. The van der Waals surface area contributed by atoms with E-state index in [1.165, 1.54) is 0 Å². The summed E-state index contributed by atoms with van der Waals surface area (Å²) in [6.07, 6.45) is 1.02. The molecular formula is C24H29Cl3N2O2S. The molecule has 174 valence electrons. The monoisotopic (exact) mass is 514 g/mol. The van der Waals surface area contributed by atoms with Crippen LogP contribution in [0.25, 0.3) is 0 Å². The predicted octanol–water partition coefficient (Wildman–Crippen LogP) is 6.85. The molecule has 1 unspecified atom stereocenters. The minimum absolute atomic E-state index is 0.0933. The molecule has 4 nitrogen and oxygen atoms in total. The number of amides is 2. The van der Waals surface area contributed by atoms with Gasteiger partial charge in [-0.2, -0.15) is 0 Å². The van der Waals surface area contributed by atoms with Crippen molar-refractivity contribution in [3.05, 3.63) is 63.1 Å². The van der Waals surface area contributed by atoms with Crippen LogP contribution in [0.1, 0.15) is 46.1 Å². The van der Waals surface area contributed by atoms with Crippen LogP contribution in [0.15, 0.2) is 47.4 Å². The molecule has 8 heteroatoms. The van der Waals surface area contributed by atoms with Crippen molar-refractivity contribution in [3.63, 3.8) is 0 Å². The molecule has 2 aromatic carbocycles. The molecular weight excluding hydrogens is 487 g/mol. The maximum Gasteiger partial charge on any atom is 0.242 e. The van der Waals surface area contributed by atoms with Crippen LogP contribution < -0.4 is 5.32 Å². The number of carbonyl (C=O) groups is 2. The van der Waals surface area contributed by atoms with Crippen LogP contribution in [0, 0.1) is 0 Å². The van der Waals surface area contributed by atoms with Crippen molar-refractivity contribution in [2.24, 2.45) is 0 Å². The Kier molecular flexibility index (Phi) is 10.2. The zero-order chi connectivity index (χ0) is 23.9. The summed E-state index contributed by atoms with van der Waals surface area (Å²) in [7, 11) is 0. The average molecular weight is 516 g/mol. The lowest BCUT2D eigenvalue weighted by atomic mass is 10.1. The van der Waals surface area contributed by atoms with E-state index in [1.54, 1.807) is 41.8 Å². The number of hydrogen-bond donors (Lipinski definition) is 1. The molecule has 32 heavy (non-hydrogen) atoms. The highest BCUT2D eigenvalue weighted by Gasteiger charge is 2.28. The highest BCUT2D eigenvalue weighted by atomic mass is 35.5. The molecule has 0 aromatic heterocycles. The average Bonchev–Trinajstić information content (AvgIpc) is 2.70. The van der Waals surface area contributed by atoms with Crippen LogP contribution in [-0.2, 0) is 16.1 Å². The van der Waals surface area contributed by atoms with Gasteiger partial charge in [-0.3, -0.25) is 9.59 Å². The van der Waals surface area contributed by atoms with Crippen molar-refractivity contribution in [1.82, 2.24) is 10.2 Å². The van der Waals surface area contributed by atoms with Crippen LogP contribution in [0.5, 0.6) is 0 Å². The number of halogens is 3. The normalized spacial score (nSPS) is 12.3. The van der Waals surface area contributed by atoms with E-state index in [4.69, 9.17) is 34.8 Å². The van der Waals surface area contributed by atoms with Crippen LogP contribution in [0.3, 0.4) is 0 Å². The van der Waals surface area contributed by atoms with Crippen LogP contribution >= 0.6 is 46.6 Å². The summed E-state index contributed by atoms with van der Waals surface area (Å²) in [6.45, 7) is 7.71. The van der Waals surface area contributed by atoms with Gasteiger partial charge in [0.1, 0.15) is 6.04 Å². The Balaban J connectivity index is 2.06. The number of benzene rings is 2. The third-order valence-corrected chi connectivity index (χ3v) is 6.58. The van der Waals surface area contributed by atoms with Gasteiger partial charge in [0.05, 0.1) is 0 Å². The minimum Gasteiger partial charge on any atom is -0.350 e. The molecule has 0 radical (unpaired) electrons. The number of carbonyl (C=O) groups excluding carboxylic acids is 2. The Morgan fingerprint density at radius 3 is 2.25 bits per heavy atom. The Bertz CT molecular complexity index is 930. The Morgan fingerprint density at radius 2 is 1.66 bits per heavy atom. The largest absolute Gasteiger partial charge is 0.350 e. The second kappa shape index (κ2) is 12.2. The van der Waals surface area contributed by atoms with Crippen molar-refractivity contribution in [2.75, 3.05) is 5.75 Å². The van der Waals surface area contributed by atoms with E-state index in [0.717, 1.165) is 16.2 Å². The Morgan fingerprint density at radius 1 is 1.03 bits per heavy atom. The van der Waals surface area contributed by atoms with Gasteiger partial charge >= 0.3 is 0 Å². The molecule has 1 N–H and O–H groups in total. The quantitative estimate of drug-likeness (QED) is 0.293. The molecule has 0 aliphatic heterocycles. The van der Waals surface area contributed by atoms with Gasteiger partial charge in [0.2, 0.25) is 11.8 Å². The zero-order valence-corrected chi connectivity index (χ0v) is 21.8. The minimum atomic E-state index is -0.641. The van der Waals surface area contributed by atoms with Gasteiger partial charge in [0.15, 0.2) is 0 Å². The molecule has 0 heterocycles. The van der Waals surface area contributed by atoms with E-state index in [1.807, 2.05) is 45.0 Å². The third kappa shape index (κ3) is 8.86. The molecule has 0 aliphatic carbocycles. The smallest absolute Gasteiger partial charge is 0.242 e. The van der Waals surface area contributed by atoms with Gasteiger partial charge in [0.25, 0.3) is 0 Å². The maximum absolute atomic E-state index is 13.1. The molecule has 0 saturated heterocycles. The molecule has 0 saturated carbocycles. The lowest BCUT2D eigenvalue weighted by Gasteiger charge is -2.31. The predicted molar refractivity (Wildman–Crippen MR) is 136 cm³/mol. The topological polar surface area (TPSA) is 49.4 Å². The first-order valence-corrected chi connectivity index (χ1v) is 12.5. The number of hydrogen-bond acceptors (Lipinski definition) is 3. The van der Waals surface area contributed by atoms with Gasteiger partial charge in [0, 0.05) is 38.5 Å². The molecule has 2 amide bonds. The van der Waals surface area contributed by atoms with Gasteiger partial charge in [-0.15, -0.1) is 11.8 Å². The fraction of sp³-hybridized carbons (Fsp3) is 0.417. The number of nitrogens with one attached hydrogen (secondary N) is 1. The van der Waals surface area contributed by atoms with E-state index in [-0.39, 0.29) is 18.4 Å². The summed E-state index contributed by atoms with van der Waals surface area (Å²) in [4.78, 5) is 28.6. The number of thioether (sulfide) groups is 1. The van der Waals surface area contributed by atoms with Crippen molar-refractivity contribution in [2.45, 2.75) is 63.6 Å². The van der Waals surface area contributed by atoms with E-state index in [2.05, 4.69) is 5.32 Å². The van der Waals surface area contributed by atoms with Crippen molar-refractivity contribution in [1.29, 1.82) is 0 Å². The SMILES string of the molecule is CC(C(=O)NC(C)(C)C)N(Cc1ccc(Cl)cc1Cl)C(=O)CCCSc1ccc(Cl)cc1. The zero-order valence-electron chi connectivity index (χ0n) is 18.8. The summed E-state index contributed by atoms with van der Waals surface area (Å²) in [5.41, 5.74) is 0.350. The van der Waals surface area contributed by atoms with E-state index in [9.17, 15) is 9.59 Å². The first-order valence-electron chi connectivity index (χ1n) is 10.4. The lowest BCUT2D eigenvalue weighted by Crippen LogP contribution is -2.52. The molecule has 0 bridgehead atoms. The molecule has 2 aromatic rings. The van der Waals surface area contributed by atoms with E-state index >= 15 is 0 Å². The molecule has 0 spiro atoms. The standard InChI is InChI=1S/C24H29Cl3N2O2S/c1-16(23(31)28-24(2,3)4)29(15-17-7-8-19(26)14-21(17)27)22(30)6-5-13-32-20-11-9-18(25)10-12-20/h7-12,14,16H,5-6,13,15H2,1-4H3,(H,28,31). The maximum atomic E-state index is 13.1. The Hall–Kier alpha value is -1.40. The first-order chi connectivity index (χ1) is 15.0. The van der Waals surface area contributed by atoms with Crippen molar-refractivity contribution in [3.8, 4) is 0 Å². The van der Waals surface area contributed by atoms with Crippen molar-refractivity contribution >= 4 is 58.4 Å². The molecule has 0 aliphatic rings. The summed E-state index contributed by atoms with van der Waals surface area (Å²) in [6, 6.07) is 12.1. The highest BCUT2D eigenvalue weighted by molar-refractivity contribution is 7.99. The van der Waals surface area contributed by atoms with Crippen LogP contribution in [-0.4, -0.2) is 34.0 Å². The van der Waals surface area contributed by atoms with Gasteiger partial charge in [-0.1, -0.05) is 40.9 Å². The second-order valence-electron chi connectivity index (χ2n) is 8.58. The fourth-order valence-corrected chi connectivity index (χ4v) is 4.43. The Labute approximate surface area is 210 Å². The molecule has 1 atom stereocenters. The van der Waals surface area contributed by atoms with E-state index < -0.39 is 11.6 Å². The summed E-state index contributed by atoms with van der Waals surface area (Å²) >= 11 is 19.9. The second-order valence-corrected chi connectivity index (χ2v) is 11.0. The van der Waals surface area contributed by atoms with E-state index in [0.29, 0.717) is 27.9 Å². The van der Waals surface area contributed by atoms with Crippen molar-refractivity contribution < 1.29 is 9.59 Å². The highest BCUT2D eigenvalue weighted by Crippen LogP contribution is 2.25. The number of rotatable bonds is 9. The third-order valence-electron chi connectivity index (χ3n) is 4.64. The van der Waals surface area contributed by atoms with Gasteiger partial charge < -0.3 is 10.2 Å². The molecule has 2 rings (SSSR count). The first kappa shape index (κ1) is 26.8. The fourth-order valence-electron chi connectivity index (χ4n) is 2.98. The van der Waals surface area contributed by atoms with Crippen LogP contribution in [0.4, 0.5) is 0 Å². The van der Waals surface area contributed by atoms with Gasteiger partial charge in [-0.25, -0.2) is 0 Å². The lowest BCUT2D eigenvalue weighted by molar-refractivity contribution is -0.141. The summed E-state index contributed by atoms with van der Waals surface area (Å²) < 4.78 is 0.